The Balaban J connectivity index is 2.28. The molecular formula is C16H20N2OS. The number of pyridine rings is 1. The molecular weight excluding hydrogens is 268 g/mol. The number of para-hydroxylation sites is 1. The molecule has 0 radical (unpaired) electrons. The summed E-state index contributed by atoms with van der Waals surface area (Å²) in [4.78, 5) is 4.57. The molecule has 2 N–H and O–H groups in total. The van der Waals surface area contributed by atoms with E-state index in [1.807, 2.05) is 25.1 Å². The molecule has 0 amide bonds. The van der Waals surface area contributed by atoms with Crippen LogP contribution in [0.3, 0.4) is 0 Å². The van der Waals surface area contributed by atoms with Gasteiger partial charge in [0.05, 0.1) is 17.4 Å². The van der Waals surface area contributed by atoms with Crippen molar-refractivity contribution in [2.24, 2.45) is 5.73 Å². The summed E-state index contributed by atoms with van der Waals surface area (Å²) in [5, 5.41) is 1.14. The molecule has 20 heavy (non-hydrogen) atoms. The van der Waals surface area contributed by atoms with Gasteiger partial charge >= 0.3 is 0 Å². The normalized spacial score (nSPS) is 12.2. The van der Waals surface area contributed by atoms with Gasteiger partial charge in [0.2, 0.25) is 0 Å². The number of methoxy groups -OCH3 is 1. The van der Waals surface area contributed by atoms with E-state index in [9.17, 15) is 0 Å². The molecule has 1 unspecified atom stereocenters. The van der Waals surface area contributed by atoms with Crippen molar-refractivity contribution in [1.29, 1.82) is 0 Å². The third-order valence-corrected chi connectivity index (χ3v) is 4.22. The Morgan fingerprint density at radius 2 is 2.00 bits per heavy atom. The molecule has 1 atom stereocenters. The van der Waals surface area contributed by atoms with E-state index >= 15 is 0 Å². The second-order valence-electron chi connectivity index (χ2n) is 4.71. The van der Waals surface area contributed by atoms with Crippen molar-refractivity contribution < 1.29 is 4.74 Å². The van der Waals surface area contributed by atoms with Gasteiger partial charge in [0.1, 0.15) is 5.75 Å². The first kappa shape index (κ1) is 14.9. The third kappa shape index (κ3) is 3.52. The molecule has 1 heterocycles. The van der Waals surface area contributed by atoms with Crippen LogP contribution in [0.15, 0.2) is 41.4 Å². The minimum atomic E-state index is 0.139. The van der Waals surface area contributed by atoms with Gasteiger partial charge < -0.3 is 10.5 Å². The van der Waals surface area contributed by atoms with Crippen molar-refractivity contribution in [2.45, 2.75) is 24.1 Å². The van der Waals surface area contributed by atoms with Crippen LogP contribution in [0.5, 0.6) is 5.75 Å². The Bertz CT molecular complexity index is 566. The van der Waals surface area contributed by atoms with Crippen molar-refractivity contribution in [2.75, 3.05) is 13.7 Å². The lowest BCUT2D eigenvalue weighted by Gasteiger charge is -2.17. The van der Waals surface area contributed by atoms with Crippen LogP contribution in [-0.2, 0) is 0 Å². The Kier molecular flexibility index (Phi) is 5.04. The second kappa shape index (κ2) is 6.77. The Morgan fingerprint density at radius 1 is 1.25 bits per heavy atom. The summed E-state index contributed by atoms with van der Waals surface area (Å²) in [6, 6.07) is 12.2. The summed E-state index contributed by atoms with van der Waals surface area (Å²) in [6.45, 7) is 4.64. The summed E-state index contributed by atoms with van der Waals surface area (Å²) in [6.07, 6.45) is 0. The summed E-state index contributed by atoms with van der Waals surface area (Å²) in [5.74, 6) is 0.875. The van der Waals surface area contributed by atoms with E-state index in [-0.39, 0.29) is 5.25 Å². The van der Waals surface area contributed by atoms with E-state index in [2.05, 4.69) is 30.1 Å². The highest BCUT2D eigenvalue weighted by Crippen LogP contribution is 2.38. The minimum Gasteiger partial charge on any atom is -0.496 e. The predicted octanol–water partition coefficient (Wildman–Crippen LogP) is 3.50. The maximum atomic E-state index is 5.95. The zero-order chi connectivity index (χ0) is 14.5. The first-order valence-corrected chi connectivity index (χ1v) is 7.47. The average molecular weight is 288 g/mol. The van der Waals surface area contributed by atoms with E-state index in [0.29, 0.717) is 6.54 Å². The molecule has 4 heteroatoms. The molecule has 2 rings (SSSR count). The maximum absolute atomic E-state index is 5.95. The highest BCUT2D eigenvalue weighted by Gasteiger charge is 2.16. The lowest BCUT2D eigenvalue weighted by molar-refractivity contribution is 0.409. The van der Waals surface area contributed by atoms with Crippen LogP contribution in [0, 0.1) is 13.8 Å². The van der Waals surface area contributed by atoms with E-state index in [1.54, 1.807) is 18.9 Å². The fraction of sp³-hybridized carbons (Fsp3) is 0.312. The molecule has 3 nitrogen and oxygen atoms in total. The van der Waals surface area contributed by atoms with Crippen LogP contribution >= 0.6 is 11.8 Å². The number of nitrogens with zero attached hydrogens (tertiary/aromatic N) is 1. The molecule has 0 saturated heterocycles. The van der Waals surface area contributed by atoms with Gasteiger partial charge in [-0.1, -0.05) is 30.0 Å². The number of aromatic nitrogens is 1. The molecule has 0 spiro atoms. The standard InChI is InChI=1S/C16H20N2OS/c1-11-8-12(2)18-16(9-11)20-15(10-17)13-6-4-5-7-14(13)19-3/h4-9,15H,10,17H2,1-3H3. The molecule has 1 aromatic heterocycles. The van der Waals surface area contributed by atoms with Crippen LogP contribution in [0.1, 0.15) is 22.1 Å². The van der Waals surface area contributed by atoms with Crippen LogP contribution < -0.4 is 10.5 Å². The molecule has 1 aromatic carbocycles. The number of benzene rings is 1. The van der Waals surface area contributed by atoms with Crippen molar-refractivity contribution in [1.82, 2.24) is 4.98 Å². The van der Waals surface area contributed by atoms with Gasteiger partial charge in [-0.15, -0.1) is 0 Å². The van der Waals surface area contributed by atoms with Gasteiger partial charge in [-0.05, 0) is 37.6 Å². The zero-order valence-corrected chi connectivity index (χ0v) is 12.9. The van der Waals surface area contributed by atoms with Gasteiger partial charge in [0.25, 0.3) is 0 Å². The van der Waals surface area contributed by atoms with E-state index in [1.165, 1.54) is 5.56 Å². The largest absolute Gasteiger partial charge is 0.496 e. The lowest BCUT2D eigenvalue weighted by atomic mass is 10.1. The molecule has 0 bridgehead atoms. The van der Waals surface area contributed by atoms with E-state index in [4.69, 9.17) is 10.5 Å². The van der Waals surface area contributed by atoms with Gasteiger partial charge in [-0.25, -0.2) is 4.98 Å². The molecule has 0 saturated carbocycles. The quantitative estimate of drug-likeness (QED) is 0.855. The number of thioether (sulfide) groups is 1. The number of hydrogen-bond donors (Lipinski definition) is 1. The number of aryl methyl sites for hydroxylation is 2. The van der Waals surface area contributed by atoms with Gasteiger partial charge in [0.15, 0.2) is 0 Å². The minimum absolute atomic E-state index is 0.139. The molecule has 0 fully saturated rings. The Labute approximate surface area is 124 Å². The van der Waals surface area contributed by atoms with Crippen molar-refractivity contribution >= 4 is 11.8 Å². The molecule has 0 aliphatic carbocycles. The van der Waals surface area contributed by atoms with E-state index < -0.39 is 0 Å². The van der Waals surface area contributed by atoms with Gasteiger partial charge in [-0.2, -0.15) is 0 Å². The smallest absolute Gasteiger partial charge is 0.123 e. The molecule has 2 aromatic rings. The second-order valence-corrected chi connectivity index (χ2v) is 5.93. The highest BCUT2D eigenvalue weighted by atomic mass is 32.2. The first-order valence-electron chi connectivity index (χ1n) is 6.59. The summed E-state index contributed by atoms with van der Waals surface area (Å²) < 4.78 is 5.42. The van der Waals surface area contributed by atoms with Crippen LogP contribution in [0.2, 0.25) is 0 Å². The molecule has 0 aliphatic heterocycles. The molecule has 0 aliphatic rings. The molecule has 106 valence electrons. The summed E-state index contributed by atoms with van der Waals surface area (Å²) >= 11 is 1.68. The van der Waals surface area contributed by atoms with Crippen LogP contribution in [0.4, 0.5) is 0 Å². The third-order valence-electron chi connectivity index (χ3n) is 3.04. The monoisotopic (exact) mass is 288 g/mol. The van der Waals surface area contributed by atoms with Crippen molar-refractivity contribution in [3.63, 3.8) is 0 Å². The average Bonchev–Trinajstić information content (AvgIpc) is 2.43. The van der Waals surface area contributed by atoms with Gasteiger partial charge in [0, 0.05) is 17.8 Å². The highest BCUT2D eigenvalue weighted by molar-refractivity contribution is 7.99. The number of rotatable bonds is 5. The van der Waals surface area contributed by atoms with Crippen molar-refractivity contribution in [3.8, 4) is 5.75 Å². The predicted molar refractivity (Wildman–Crippen MR) is 84.4 cm³/mol. The zero-order valence-electron chi connectivity index (χ0n) is 12.1. The van der Waals surface area contributed by atoms with Gasteiger partial charge in [-0.3, -0.25) is 0 Å². The van der Waals surface area contributed by atoms with Crippen molar-refractivity contribution in [3.05, 3.63) is 53.2 Å². The van der Waals surface area contributed by atoms with E-state index in [0.717, 1.165) is 22.0 Å². The lowest BCUT2D eigenvalue weighted by Crippen LogP contribution is -2.10. The summed E-state index contributed by atoms with van der Waals surface area (Å²) in [5.41, 5.74) is 9.31. The maximum Gasteiger partial charge on any atom is 0.123 e. The Hall–Kier alpha value is -1.52. The first-order chi connectivity index (χ1) is 9.63. The SMILES string of the molecule is COc1ccccc1C(CN)Sc1cc(C)cc(C)n1. The van der Waals surface area contributed by atoms with Crippen LogP contribution in [-0.4, -0.2) is 18.6 Å². The van der Waals surface area contributed by atoms with Crippen LogP contribution in [0.25, 0.3) is 0 Å². The Morgan fingerprint density at radius 3 is 2.65 bits per heavy atom. The number of nitrogens with two attached hydrogens (primary N) is 1. The topological polar surface area (TPSA) is 48.1 Å². The summed E-state index contributed by atoms with van der Waals surface area (Å²) in [7, 11) is 1.69. The fourth-order valence-electron chi connectivity index (χ4n) is 2.18. The fourth-order valence-corrected chi connectivity index (χ4v) is 3.34. The number of ether oxygens (including phenoxy) is 1. The number of hydrogen-bond acceptors (Lipinski definition) is 4.